The number of rotatable bonds is 12. The van der Waals surface area contributed by atoms with Crippen LogP contribution in [-0.2, 0) is 9.53 Å². The van der Waals surface area contributed by atoms with Crippen LogP contribution in [0.5, 0.6) is 17.2 Å². The van der Waals surface area contributed by atoms with Crippen LogP contribution in [0.4, 0.5) is 21.9 Å². The normalized spacial score (nSPS) is 12.2. The summed E-state index contributed by atoms with van der Waals surface area (Å²) in [7, 11) is 1.45. The average molecular weight is 582 g/mol. The summed E-state index contributed by atoms with van der Waals surface area (Å²) in [6.07, 6.45) is 1.58. The van der Waals surface area contributed by atoms with E-state index < -0.39 is 18.3 Å². The molecule has 0 fully saturated rings. The fourth-order valence-electron chi connectivity index (χ4n) is 4.32. The molecule has 0 aliphatic heterocycles. The molecule has 4 aromatic carbocycles. The van der Waals surface area contributed by atoms with Crippen LogP contribution >= 0.6 is 0 Å². The summed E-state index contributed by atoms with van der Waals surface area (Å²) in [4.78, 5) is 25.6. The summed E-state index contributed by atoms with van der Waals surface area (Å²) in [6, 6.07) is 28.2. The smallest absolute Gasteiger partial charge is 0.412 e. The van der Waals surface area contributed by atoms with Gasteiger partial charge in [0.25, 0.3) is 0 Å². The molecule has 0 saturated heterocycles. The van der Waals surface area contributed by atoms with Crippen molar-refractivity contribution in [2.45, 2.75) is 32.0 Å². The van der Waals surface area contributed by atoms with Gasteiger partial charge in [-0.25, -0.2) is 4.79 Å². The second-order valence-corrected chi connectivity index (χ2v) is 9.77. The molecule has 4 rings (SSSR count). The zero-order valence-corrected chi connectivity index (χ0v) is 24.0. The lowest BCUT2D eigenvalue weighted by molar-refractivity contribution is -0.111. The van der Waals surface area contributed by atoms with Crippen molar-refractivity contribution in [1.29, 1.82) is 0 Å². The van der Waals surface area contributed by atoms with Crippen molar-refractivity contribution in [3.8, 4) is 17.2 Å². The summed E-state index contributed by atoms with van der Waals surface area (Å²) in [6.45, 7) is 1.95. The van der Waals surface area contributed by atoms with Gasteiger partial charge in [-0.15, -0.1) is 0 Å². The number of aryl methyl sites for hydroxylation is 1. The number of benzene rings is 4. The van der Waals surface area contributed by atoms with Crippen molar-refractivity contribution < 1.29 is 28.9 Å². The van der Waals surface area contributed by atoms with Gasteiger partial charge in [-0.1, -0.05) is 60.2 Å². The Morgan fingerprint density at radius 2 is 1.65 bits per heavy atom. The van der Waals surface area contributed by atoms with E-state index in [1.807, 2.05) is 37.3 Å². The van der Waals surface area contributed by atoms with Gasteiger partial charge >= 0.3 is 6.09 Å². The number of carbonyl (C=O) groups excluding carboxylic acids is 2. The number of anilines is 3. The largest absolute Gasteiger partial charge is 0.504 e. The fraction of sp³-hybridized carbons (Fsp3) is 0.176. The number of phenolic OH excluding ortho intramolecular Hbond substituents is 1. The van der Waals surface area contributed by atoms with E-state index in [0.29, 0.717) is 41.2 Å². The first kappa shape index (κ1) is 30.5. The van der Waals surface area contributed by atoms with E-state index in [9.17, 15) is 14.7 Å². The number of carbonyl (C=O) groups is 2. The predicted octanol–water partition coefficient (Wildman–Crippen LogP) is 7.00. The third kappa shape index (κ3) is 9.02. The summed E-state index contributed by atoms with van der Waals surface area (Å²) in [5, 5.41) is 16.0. The highest BCUT2D eigenvalue weighted by Crippen LogP contribution is 2.34. The number of ether oxygens (including phenoxy) is 3. The highest BCUT2D eigenvalue weighted by Gasteiger charge is 2.30. The average Bonchev–Trinajstić information content (AvgIpc) is 3.00. The molecule has 2 amide bonds. The SMILES string of the molecule is COc1ccc([C@@H](OC(=O)Nc2ccc(C)cc2)[C@@H](CC/C=C/C(=O)Nc2ccccc2N)Oc2ccccc2)cc1O. The molecule has 5 N–H and O–H groups in total. The van der Waals surface area contributed by atoms with Crippen LogP contribution in [0.3, 0.4) is 0 Å². The van der Waals surface area contributed by atoms with Crippen LogP contribution in [0.25, 0.3) is 0 Å². The molecule has 9 nitrogen and oxygen atoms in total. The van der Waals surface area contributed by atoms with E-state index in [4.69, 9.17) is 19.9 Å². The molecule has 0 saturated carbocycles. The molecule has 0 aromatic heterocycles. The maximum Gasteiger partial charge on any atom is 0.412 e. The maximum absolute atomic E-state index is 13.1. The first-order chi connectivity index (χ1) is 20.8. The monoisotopic (exact) mass is 581 g/mol. The van der Waals surface area contributed by atoms with Gasteiger partial charge in [-0.05, 0) is 74.4 Å². The molecule has 0 unspecified atom stereocenters. The second kappa shape index (κ2) is 15.0. The highest BCUT2D eigenvalue weighted by molar-refractivity contribution is 6.01. The van der Waals surface area contributed by atoms with Crippen molar-refractivity contribution in [3.05, 3.63) is 120 Å². The minimum Gasteiger partial charge on any atom is -0.504 e. The van der Waals surface area contributed by atoms with Gasteiger partial charge in [0.05, 0.1) is 18.5 Å². The number of phenols is 1. The number of hydrogen-bond donors (Lipinski definition) is 4. The number of allylic oxidation sites excluding steroid dienone is 1. The molecule has 0 heterocycles. The van der Waals surface area contributed by atoms with Gasteiger partial charge in [-0.3, -0.25) is 10.1 Å². The molecule has 9 heteroatoms. The van der Waals surface area contributed by atoms with E-state index in [-0.39, 0.29) is 17.4 Å². The Bertz CT molecular complexity index is 1540. The van der Waals surface area contributed by atoms with Crippen LogP contribution in [0, 0.1) is 6.92 Å². The number of nitrogens with one attached hydrogen (secondary N) is 2. The van der Waals surface area contributed by atoms with Gasteiger partial charge < -0.3 is 30.4 Å². The minimum atomic E-state index is -0.936. The number of amides is 2. The van der Waals surface area contributed by atoms with E-state index in [1.54, 1.807) is 66.7 Å². The number of para-hydroxylation sites is 3. The van der Waals surface area contributed by atoms with Crippen molar-refractivity contribution in [1.82, 2.24) is 0 Å². The molecule has 4 aromatic rings. The third-order valence-corrected chi connectivity index (χ3v) is 6.54. The van der Waals surface area contributed by atoms with Crippen LogP contribution in [0.1, 0.15) is 30.1 Å². The van der Waals surface area contributed by atoms with Crippen LogP contribution in [0.15, 0.2) is 109 Å². The molecule has 2 atom stereocenters. The summed E-state index contributed by atoms with van der Waals surface area (Å²) in [5.41, 5.74) is 9.03. The first-order valence-electron chi connectivity index (χ1n) is 13.8. The Morgan fingerprint density at radius 3 is 2.35 bits per heavy atom. The third-order valence-electron chi connectivity index (χ3n) is 6.54. The Morgan fingerprint density at radius 1 is 0.930 bits per heavy atom. The zero-order valence-electron chi connectivity index (χ0n) is 24.0. The lowest BCUT2D eigenvalue weighted by atomic mass is 9.99. The van der Waals surface area contributed by atoms with Crippen LogP contribution < -0.4 is 25.8 Å². The molecular weight excluding hydrogens is 546 g/mol. The second-order valence-electron chi connectivity index (χ2n) is 9.77. The summed E-state index contributed by atoms with van der Waals surface area (Å²) in [5.74, 6) is 0.408. The van der Waals surface area contributed by atoms with Gasteiger partial charge in [0, 0.05) is 11.3 Å². The predicted molar refractivity (Wildman–Crippen MR) is 167 cm³/mol. The number of nitrogens with two attached hydrogens (primary N) is 1. The topological polar surface area (TPSA) is 132 Å². The molecule has 0 radical (unpaired) electrons. The minimum absolute atomic E-state index is 0.109. The standard InChI is InChI=1S/C34H35N3O6/c1-23-16-19-25(20-17-23)36-34(40)43-33(24-18-21-30(41-2)29(38)22-24)31(42-26-10-4-3-5-11-26)14-8-9-15-32(39)37-28-13-7-6-12-27(28)35/h3-7,9-13,15-22,31,33,38H,8,14,35H2,1-2H3,(H,36,40)(H,37,39)/b15-9+/t31-,33-/m1/s1. The molecule has 0 spiro atoms. The van der Waals surface area contributed by atoms with Gasteiger partial charge in [0.15, 0.2) is 17.6 Å². The Balaban J connectivity index is 1.56. The van der Waals surface area contributed by atoms with Gasteiger partial charge in [-0.2, -0.15) is 0 Å². The van der Waals surface area contributed by atoms with E-state index in [2.05, 4.69) is 10.6 Å². The van der Waals surface area contributed by atoms with Gasteiger partial charge in [0.1, 0.15) is 11.9 Å². The zero-order chi connectivity index (χ0) is 30.6. The first-order valence-corrected chi connectivity index (χ1v) is 13.8. The lowest BCUT2D eigenvalue weighted by Gasteiger charge is -2.28. The fourth-order valence-corrected chi connectivity index (χ4v) is 4.32. The maximum atomic E-state index is 13.1. The number of hydrogen-bond acceptors (Lipinski definition) is 7. The van der Waals surface area contributed by atoms with E-state index in [0.717, 1.165) is 5.56 Å². The summed E-state index contributed by atoms with van der Waals surface area (Å²) < 4.78 is 17.5. The summed E-state index contributed by atoms with van der Waals surface area (Å²) >= 11 is 0. The molecule has 0 aliphatic carbocycles. The van der Waals surface area contributed by atoms with Gasteiger partial charge in [0.2, 0.25) is 5.91 Å². The molecule has 0 aliphatic rings. The van der Waals surface area contributed by atoms with Crippen molar-refractivity contribution in [2.24, 2.45) is 0 Å². The number of nitrogen functional groups attached to an aromatic ring is 1. The number of methoxy groups -OCH3 is 1. The quantitative estimate of drug-likeness (QED) is 0.105. The molecule has 222 valence electrons. The highest BCUT2D eigenvalue weighted by atomic mass is 16.6. The van der Waals surface area contributed by atoms with E-state index in [1.165, 1.54) is 19.3 Å². The van der Waals surface area contributed by atoms with E-state index >= 15 is 0 Å². The molecular formula is C34H35N3O6. The Labute approximate surface area is 250 Å². The Kier molecular flexibility index (Phi) is 10.6. The molecule has 43 heavy (non-hydrogen) atoms. The van der Waals surface area contributed by atoms with Crippen LogP contribution in [0.2, 0.25) is 0 Å². The van der Waals surface area contributed by atoms with Crippen molar-refractivity contribution in [2.75, 3.05) is 23.5 Å². The van der Waals surface area contributed by atoms with Crippen molar-refractivity contribution >= 4 is 29.1 Å². The van der Waals surface area contributed by atoms with Crippen molar-refractivity contribution in [3.63, 3.8) is 0 Å². The molecule has 0 bridgehead atoms. The lowest BCUT2D eigenvalue weighted by Crippen LogP contribution is -2.31. The Hall–Kier alpha value is -5.44. The number of aromatic hydroxyl groups is 1. The van der Waals surface area contributed by atoms with Crippen LogP contribution in [-0.4, -0.2) is 30.3 Å².